The Kier molecular flexibility index (Phi) is 3.57. The van der Waals surface area contributed by atoms with Crippen LogP contribution in [0.25, 0.3) is 10.8 Å². The number of amides is 2. The third kappa shape index (κ3) is 2.58. The van der Waals surface area contributed by atoms with Crippen LogP contribution in [0.15, 0.2) is 36.7 Å². The molecule has 4 rings (SSSR count). The highest BCUT2D eigenvalue weighted by Gasteiger charge is 2.48. The van der Waals surface area contributed by atoms with Crippen LogP contribution in [0, 0.1) is 11.3 Å². The van der Waals surface area contributed by atoms with E-state index in [2.05, 4.69) is 11.1 Å². The number of halogens is 2. The molecule has 1 aliphatic heterocycles. The van der Waals surface area contributed by atoms with Gasteiger partial charge in [-0.25, -0.2) is 13.6 Å². The molecule has 0 spiro atoms. The minimum absolute atomic E-state index is 0.138. The maximum atomic E-state index is 13.6. The molecule has 128 valence electrons. The maximum absolute atomic E-state index is 13.6. The fourth-order valence-electron chi connectivity index (χ4n) is 3.78. The van der Waals surface area contributed by atoms with Crippen LogP contribution in [0.2, 0.25) is 0 Å². The average Bonchev–Trinajstić information content (AvgIpc) is 3.13. The molecule has 1 saturated heterocycles. The van der Waals surface area contributed by atoms with E-state index in [1.54, 1.807) is 12.4 Å². The smallest absolute Gasteiger partial charge is 0.318 e. The van der Waals surface area contributed by atoms with Gasteiger partial charge in [0, 0.05) is 35.9 Å². The van der Waals surface area contributed by atoms with Crippen molar-refractivity contribution in [3.63, 3.8) is 0 Å². The van der Waals surface area contributed by atoms with E-state index in [1.165, 1.54) is 9.80 Å². The SMILES string of the molecule is N#C[C@@H]1CN([C@@H]2CCC(F)(F)C2)C(=O)N1c1cncc2ccccc12. The summed E-state index contributed by atoms with van der Waals surface area (Å²) in [5.41, 5.74) is 0.543. The Balaban J connectivity index is 1.72. The fraction of sp³-hybridized carbons (Fsp3) is 0.389. The van der Waals surface area contributed by atoms with Crippen molar-refractivity contribution < 1.29 is 13.6 Å². The third-order valence-corrected chi connectivity index (χ3v) is 5.01. The van der Waals surface area contributed by atoms with E-state index in [-0.39, 0.29) is 25.8 Å². The molecule has 0 unspecified atom stereocenters. The standard InChI is InChI=1S/C18H16F2N4O/c19-18(20)6-5-13(7-18)23-11-14(8-21)24(17(23)25)16-10-22-9-12-3-1-2-4-15(12)16/h1-4,9-10,13-14H,5-7,11H2/t13-,14-/m1/s1. The lowest BCUT2D eigenvalue weighted by Gasteiger charge is -2.24. The van der Waals surface area contributed by atoms with Crippen LogP contribution < -0.4 is 4.90 Å². The zero-order valence-electron chi connectivity index (χ0n) is 13.4. The van der Waals surface area contributed by atoms with Crippen molar-refractivity contribution in [2.75, 3.05) is 11.4 Å². The molecule has 2 aromatic rings. The Bertz CT molecular complexity index is 874. The zero-order valence-corrected chi connectivity index (χ0v) is 13.4. The molecule has 2 heterocycles. The summed E-state index contributed by atoms with van der Waals surface area (Å²) in [6.07, 6.45) is 2.96. The predicted molar refractivity (Wildman–Crippen MR) is 88.3 cm³/mol. The molecule has 1 aromatic carbocycles. The number of nitriles is 1. The van der Waals surface area contributed by atoms with Gasteiger partial charge in [0.25, 0.3) is 0 Å². The lowest BCUT2D eigenvalue weighted by molar-refractivity contribution is 0.00359. The van der Waals surface area contributed by atoms with E-state index in [9.17, 15) is 18.8 Å². The Morgan fingerprint density at radius 1 is 1.28 bits per heavy atom. The first kappa shape index (κ1) is 15.8. The van der Waals surface area contributed by atoms with Gasteiger partial charge in [0.1, 0.15) is 6.04 Å². The number of rotatable bonds is 2. The van der Waals surface area contributed by atoms with Gasteiger partial charge < -0.3 is 4.90 Å². The van der Waals surface area contributed by atoms with Gasteiger partial charge in [0.15, 0.2) is 0 Å². The summed E-state index contributed by atoms with van der Waals surface area (Å²) < 4.78 is 27.1. The van der Waals surface area contributed by atoms with Crippen molar-refractivity contribution >= 4 is 22.5 Å². The number of benzene rings is 1. The monoisotopic (exact) mass is 342 g/mol. The van der Waals surface area contributed by atoms with Crippen molar-refractivity contribution in [2.45, 2.75) is 37.3 Å². The predicted octanol–water partition coefficient (Wildman–Crippen LogP) is 3.56. The summed E-state index contributed by atoms with van der Waals surface area (Å²) in [7, 11) is 0. The molecule has 0 radical (unpaired) electrons. The van der Waals surface area contributed by atoms with E-state index in [1.807, 2.05) is 24.3 Å². The van der Waals surface area contributed by atoms with Gasteiger partial charge in [0.2, 0.25) is 5.92 Å². The first-order valence-electron chi connectivity index (χ1n) is 8.20. The molecule has 1 saturated carbocycles. The number of nitrogens with zero attached hydrogens (tertiary/aromatic N) is 4. The first-order chi connectivity index (χ1) is 12.0. The summed E-state index contributed by atoms with van der Waals surface area (Å²) in [6.45, 7) is 0.138. The second kappa shape index (κ2) is 5.66. The quantitative estimate of drug-likeness (QED) is 0.838. The number of pyridine rings is 1. The molecule has 2 amide bonds. The fourth-order valence-corrected chi connectivity index (χ4v) is 3.78. The number of hydrogen-bond acceptors (Lipinski definition) is 3. The molecule has 1 aliphatic carbocycles. The van der Waals surface area contributed by atoms with Gasteiger partial charge in [-0.15, -0.1) is 0 Å². The number of urea groups is 1. The van der Waals surface area contributed by atoms with Crippen molar-refractivity contribution in [1.82, 2.24) is 9.88 Å². The lowest BCUT2D eigenvalue weighted by atomic mass is 10.1. The van der Waals surface area contributed by atoms with Crippen LogP contribution >= 0.6 is 0 Å². The molecular formula is C18H16F2N4O. The largest absolute Gasteiger partial charge is 0.326 e. The summed E-state index contributed by atoms with van der Waals surface area (Å²) >= 11 is 0. The topological polar surface area (TPSA) is 60.2 Å². The number of aromatic nitrogens is 1. The van der Waals surface area contributed by atoms with Crippen LogP contribution in [0.1, 0.15) is 19.3 Å². The second-order valence-corrected chi connectivity index (χ2v) is 6.58. The van der Waals surface area contributed by atoms with Gasteiger partial charge in [0.05, 0.1) is 24.5 Å². The van der Waals surface area contributed by atoms with E-state index in [4.69, 9.17) is 0 Å². The Morgan fingerprint density at radius 3 is 2.80 bits per heavy atom. The number of carbonyl (C=O) groups excluding carboxylic acids is 1. The maximum Gasteiger partial charge on any atom is 0.326 e. The summed E-state index contributed by atoms with van der Waals surface area (Å²) in [5.74, 6) is -2.73. The summed E-state index contributed by atoms with van der Waals surface area (Å²) in [5, 5.41) is 11.2. The van der Waals surface area contributed by atoms with Gasteiger partial charge in [-0.3, -0.25) is 9.88 Å². The second-order valence-electron chi connectivity index (χ2n) is 6.58. The van der Waals surface area contributed by atoms with Gasteiger partial charge >= 0.3 is 6.03 Å². The van der Waals surface area contributed by atoms with Gasteiger partial charge in [-0.2, -0.15) is 5.26 Å². The average molecular weight is 342 g/mol. The van der Waals surface area contributed by atoms with Crippen molar-refractivity contribution in [2.24, 2.45) is 0 Å². The highest BCUT2D eigenvalue weighted by molar-refractivity contribution is 6.04. The molecular weight excluding hydrogens is 326 g/mol. The van der Waals surface area contributed by atoms with Crippen molar-refractivity contribution in [1.29, 1.82) is 5.26 Å². The molecule has 5 nitrogen and oxygen atoms in total. The van der Waals surface area contributed by atoms with E-state index in [0.29, 0.717) is 5.69 Å². The minimum Gasteiger partial charge on any atom is -0.318 e. The van der Waals surface area contributed by atoms with Crippen LogP contribution in [-0.4, -0.2) is 40.5 Å². The first-order valence-corrected chi connectivity index (χ1v) is 8.20. The molecule has 7 heteroatoms. The third-order valence-electron chi connectivity index (χ3n) is 5.01. The highest BCUT2D eigenvalue weighted by atomic mass is 19.3. The van der Waals surface area contributed by atoms with Gasteiger partial charge in [-0.05, 0) is 6.42 Å². The number of carbonyl (C=O) groups is 1. The molecule has 2 atom stereocenters. The summed E-state index contributed by atoms with van der Waals surface area (Å²) in [6, 6.07) is 7.96. The Labute approximate surface area is 143 Å². The van der Waals surface area contributed by atoms with Crippen LogP contribution in [-0.2, 0) is 0 Å². The van der Waals surface area contributed by atoms with E-state index < -0.39 is 24.0 Å². The Hall–Kier alpha value is -2.75. The molecule has 0 N–H and O–H groups in total. The van der Waals surface area contributed by atoms with Crippen LogP contribution in [0.4, 0.5) is 19.3 Å². The number of hydrogen-bond donors (Lipinski definition) is 0. The molecule has 2 aliphatic rings. The number of fused-ring (bicyclic) bond motifs is 1. The van der Waals surface area contributed by atoms with Gasteiger partial charge in [-0.1, -0.05) is 24.3 Å². The van der Waals surface area contributed by atoms with E-state index in [0.717, 1.165) is 10.8 Å². The lowest BCUT2D eigenvalue weighted by Crippen LogP contribution is -2.39. The molecule has 2 fully saturated rings. The molecule has 1 aromatic heterocycles. The normalized spacial score (nSPS) is 25.6. The minimum atomic E-state index is -2.73. The van der Waals surface area contributed by atoms with Crippen LogP contribution in [0.3, 0.4) is 0 Å². The van der Waals surface area contributed by atoms with E-state index >= 15 is 0 Å². The van der Waals surface area contributed by atoms with Crippen molar-refractivity contribution in [3.05, 3.63) is 36.7 Å². The number of anilines is 1. The van der Waals surface area contributed by atoms with Crippen LogP contribution in [0.5, 0.6) is 0 Å². The van der Waals surface area contributed by atoms with Crippen molar-refractivity contribution in [3.8, 4) is 6.07 Å². The zero-order chi connectivity index (χ0) is 17.6. The Morgan fingerprint density at radius 2 is 2.08 bits per heavy atom. The number of alkyl halides is 2. The summed E-state index contributed by atoms with van der Waals surface area (Å²) in [4.78, 5) is 19.9. The molecule has 25 heavy (non-hydrogen) atoms. The highest BCUT2D eigenvalue weighted by Crippen LogP contribution is 2.40. The molecule has 0 bridgehead atoms.